The average Bonchev–Trinajstić information content (AvgIpc) is 2.19. The summed E-state index contributed by atoms with van der Waals surface area (Å²) in [6.45, 7) is 2.19. The van der Waals surface area contributed by atoms with Crippen molar-refractivity contribution >= 4 is 5.71 Å². The van der Waals surface area contributed by atoms with E-state index in [9.17, 15) is 0 Å². The molecule has 0 radical (unpaired) electrons. The summed E-state index contributed by atoms with van der Waals surface area (Å²) in [6.07, 6.45) is 10.3. The number of hydrogen-bond acceptors (Lipinski definition) is 2. The highest BCUT2D eigenvalue weighted by Crippen LogP contribution is 2.21. The lowest BCUT2D eigenvalue weighted by Gasteiger charge is -2.15. The standard InChI is InChI=1S/C11H19NO/c1-2-3-4-7-10-8-5-6-9-11(10)12-13/h7,13H,2-6,8-9H2,1H3/b10-7+,12-11+. The van der Waals surface area contributed by atoms with Crippen molar-refractivity contribution < 1.29 is 5.21 Å². The molecule has 13 heavy (non-hydrogen) atoms. The summed E-state index contributed by atoms with van der Waals surface area (Å²) in [6, 6.07) is 0. The van der Waals surface area contributed by atoms with Crippen molar-refractivity contribution in [3.63, 3.8) is 0 Å². The van der Waals surface area contributed by atoms with Crippen LogP contribution in [0.15, 0.2) is 16.8 Å². The molecule has 0 heterocycles. The van der Waals surface area contributed by atoms with Crippen LogP contribution in [0, 0.1) is 0 Å². The molecule has 0 aromatic carbocycles. The van der Waals surface area contributed by atoms with E-state index in [1.54, 1.807) is 0 Å². The van der Waals surface area contributed by atoms with E-state index >= 15 is 0 Å². The summed E-state index contributed by atoms with van der Waals surface area (Å²) >= 11 is 0. The van der Waals surface area contributed by atoms with Crippen molar-refractivity contribution in [3.8, 4) is 0 Å². The van der Waals surface area contributed by atoms with Crippen LogP contribution in [0.5, 0.6) is 0 Å². The lowest BCUT2D eigenvalue weighted by Crippen LogP contribution is -2.09. The van der Waals surface area contributed by atoms with Crippen molar-refractivity contribution in [3.05, 3.63) is 11.6 Å². The fraction of sp³-hybridized carbons (Fsp3) is 0.727. The summed E-state index contributed by atoms with van der Waals surface area (Å²) < 4.78 is 0. The molecule has 2 nitrogen and oxygen atoms in total. The van der Waals surface area contributed by atoms with Gasteiger partial charge in [-0.3, -0.25) is 0 Å². The van der Waals surface area contributed by atoms with Gasteiger partial charge in [0, 0.05) is 0 Å². The van der Waals surface area contributed by atoms with Gasteiger partial charge >= 0.3 is 0 Å². The molecule has 0 unspecified atom stereocenters. The Hall–Kier alpha value is -0.790. The maximum atomic E-state index is 8.77. The third kappa shape index (κ3) is 3.21. The topological polar surface area (TPSA) is 32.6 Å². The SMILES string of the molecule is CCCC/C=C1\CCCC\C1=N/O. The summed E-state index contributed by atoms with van der Waals surface area (Å²) in [4.78, 5) is 0. The minimum absolute atomic E-state index is 0.919. The summed E-state index contributed by atoms with van der Waals surface area (Å²) in [5, 5.41) is 12.1. The summed E-state index contributed by atoms with van der Waals surface area (Å²) in [5.41, 5.74) is 2.20. The molecule has 0 spiro atoms. The predicted molar refractivity (Wildman–Crippen MR) is 55.3 cm³/mol. The Morgan fingerprint density at radius 3 is 2.85 bits per heavy atom. The normalized spacial score (nSPS) is 24.1. The van der Waals surface area contributed by atoms with E-state index < -0.39 is 0 Å². The van der Waals surface area contributed by atoms with Gasteiger partial charge in [-0.05, 0) is 37.7 Å². The Balaban J connectivity index is 2.49. The second kappa shape index (κ2) is 5.79. The lowest BCUT2D eigenvalue weighted by atomic mass is 9.92. The fourth-order valence-electron chi connectivity index (χ4n) is 1.73. The lowest BCUT2D eigenvalue weighted by molar-refractivity contribution is 0.316. The Morgan fingerprint density at radius 2 is 2.15 bits per heavy atom. The highest BCUT2D eigenvalue weighted by molar-refractivity contribution is 6.00. The highest BCUT2D eigenvalue weighted by atomic mass is 16.4. The molecular weight excluding hydrogens is 162 g/mol. The maximum absolute atomic E-state index is 8.77. The second-order valence-electron chi connectivity index (χ2n) is 3.63. The third-order valence-electron chi connectivity index (χ3n) is 2.55. The molecule has 1 saturated carbocycles. The van der Waals surface area contributed by atoms with E-state index in [1.807, 2.05) is 0 Å². The molecule has 0 aromatic rings. The fourth-order valence-corrected chi connectivity index (χ4v) is 1.73. The molecule has 2 heteroatoms. The van der Waals surface area contributed by atoms with Crippen LogP contribution in [0.4, 0.5) is 0 Å². The van der Waals surface area contributed by atoms with Crippen molar-refractivity contribution in [2.24, 2.45) is 5.16 Å². The molecule has 1 aliphatic rings. The molecule has 0 amide bonds. The van der Waals surface area contributed by atoms with Gasteiger partial charge in [0.15, 0.2) is 0 Å². The Labute approximate surface area is 80.3 Å². The monoisotopic (exact) mass is 181 g/mol. The van der Waals surface area contributed by atoms with Crippen LogP contribution in [-0.2, 0) is 0 Å². The van der Waals surface area contributed by atoms with Gasteiger partial charge in [0.1, 0.15) is 0 Å². The summed E-state index contributed by atoms with van der Waals surface area (Å²) in [5.74, 6) is 0. The summed E-state index contributed by atoms with van der Waals surface area (Å²) in [7, 11) is 0. The van der Waals surface area contributed by atoms with Crippen LogP contribution in [0.25, 0.3) is 0 Å². The van der Waals surface area contributed by atoms with Crippen LogP contribution >= 0.6 is 0 Å². The van der Waals surface area contributed by atoms with Crippen LogP contribution in [0.2, 0.25) is 0 Å². The van der Waals surface area contributed by atoms with Crippen LogP contribution in [0.1, 0.15) is 51.9 Å². The number of rotatable bonds is 3. The van der Waals surface area contributed by atoms with Crippen molar-refractivity contribution in [2.45, 2.75) is 51.9 Å². The van der Waals surface area contributed by atoms with Gasteiger partial charge in [-0.15, -0.1) is 0 Å². The van der Waals surface area contributed by atoms with Gasteiger partial charge in [0.05, 0.1) is 5.71 Å². The zero-order valence-electron chi connectivity index (χ0n) is 8.42. The van der Waals surface area contributed by atoms with Crippen LogP contribution < -0.4 is 0 Å². The molecule has 1 N–H and O–H groups in total. The largest absolute Gasteiger partial charge is 0.411 e. The Bertz CT molecular complexity index is 206. The minimum atomic E-state index is 0.919. The van der Waals surface area contributed by atoms with E-state index in [0.717, 1.165) is 25.0 Å². The predicted octanol–water partition coefficient (Wildman–Crippen LogP) is 3.51. The molecule has 0 aliphatic heterocycles. The number of allylic oxidation sites excluding steroid dienone is 2. The van der Waals surface area contributed by atoms with E-state index in [0.29, 0.717) is 0 Å². The van der Waals surface area contributed by atoms with E-state index in [4.69, 9.17) is 5.21 Å². The van der Waals surface area contributed by atoms with Gasteiger partial charge in [-0.25, -0.2) is 0 Å². The number of unbranched alkanes of at least 4 members (excludes halogenated alkanes) is 2. The minimum Gasteiger partial charge on any atom is -0.411 e. The van der Waals surface area contributed by atoms with Crippen molar-refractivity contribution in [2.75, 3.05) is 0 Å². The van der Waals surface area contributed by atoms with Gasteiger partial charge < -0.3 is 5.21 Å². The molecule has 1 fully saturated rings. The van der Waals surface area contributed by atoms with Gasteiger partial charge in [0.25, 0.3) is 0 Å². The molecular formula is C11H19NO. The second-order valence-corrected chi connectivity index (χ2v) is 3.63. The first-order valence-corrected chi connectivity index (χ1v) is 5.28. The number of nitrogens with zero attached hydrogens (tertiary/aromatic N) is 1. The van der Waals surface area contributed by atoms with Crippen LogP contribution in [-0.4, -0.2) is 10.9 Å². The molecule has 74 valence electrons. The quantitative estimate of drug-likeness (QED) is 0.403. The average molecular weight is 181 g/mol. The van der Waals surface area contributed by atoms with E-state index in [1.165, 1.54) is 31.3 Å². The first-order valence-electron chi connectivity index (χ1n) is 5.28. The van der Waals surface area contributed by atoms with Gasteiger partial charge in [0.2, 0.25) is 0 Å². The number of oxime groups is 1. The van der Waals surface area contributed by atoms with Crippen molar-refractivity contribution in [1.82, 2.24) is 0 Å². The third-order valence-corrected chi connectivity index (χ3v) is 2.55. The zero-order chi connectivity index (χ0) is 9.52. The molecule has 1 rings (SSSR count). The van der Waals surface area contributed by atoms with Gasteiger partial charge in [-0.1, -0.05) is 31.0 Å². The first kappa shape index (κ1) is 10.3. The molecule has 0 atom stereocenters. The van der Waals surface area contributed by atoms with Crippen LogP contribution in [0.3, 0.4) is 0 Å². The number of hydrogen-bond donors (Lipinski definition) is 1. The van der Waals surface area contributed by atoms with E-state index in [-0.39, 0.29) is 0 Å². The molecule has 0 saturated heterocycles. The van der Waals surface area contributed by atoms with E-state index in [2.05, 4.69) is 18.2 Å². The maximum Gasteiger partial charge on any atom is 0.0824 e. The molecule has 1 aliphatic carbocycles. The highest BCUT2D eigenvalue weighted by Gasteiger charge is 2.12. The zero-order valence-corrected chi connectivity index (χ0v) is 8.42. The Kier molecular flexibility index (Phi) is 4.58. The Morgan fingerprint density at radius 1 is 1.38 bits per heavy atom. The first-order chi connectivity index (χ1) is 6.38. The smallest absolute Gasteiger partial charge is 0.0824 e. The molecule has 0 bridgehead atoms. The van der Waals surface area contributed by atoms with Gasteiger partial charge in [-0.2, -0.15) is 0 Å². The van der Waals surface area contributed by atoms with Crippen molar-refractivity contribution in [1.29, 1.82) is 0 Å². The molecule has 0 aromatic heterocycles.